The van der Waals surface area contributed by atoms with E-state index >= 15 is 0 Å². The zero-order valence-corrected chi connectivity index (χ0v) is 15.6. The predicted molar refractivity (Wildman–Crippen MR) is 104 cm³/mol. The SMILES string of the molecule is CCCNC(=O)CCNC(=NC)N1CCC(Cc2ccccc2)CC1. The van der Waals surface area contributed by atoms with Crippen molar-refractivity contribution in [2.24, 2.45) is 10.9 Å². The standard InChI is InChI=1S/C20H32N4O/c1-3-12-22-19(25)9-13-23-20(21-2)24-14-10-18(11-15-24)16-17-7-5-4-6-8-17/h4-8,18H,3,9-16H2,1-2H3,(H,21,23)(H,22,25). The van der Waals surface area contributed by atoms with Crippen LogP contribution < -0.4 is 10.6 Å². The van der Waals surface area contributed by atoms with Crippen molar-refractivity contribution in [2.45, 2.75) is 39.0 Å². The molecule has 0 saturated carbocycles. The van der Waals surface area contributed by atoms with Crippen molar-refractivity contribution in [1.82, 2.24) is 15.5 Å². The molecule has 5 nitrogen and oxygen atoms in total. The number of aliphatic imine (C=N–C) groups is 1. The van der Waals surface area contributed by atoms with Gasteiger partial charge in [0.25, 0.3) is 0 Å². The number of carbonyl (C=O) groups excluding carboxylic acids is 1. The summed E-state index contributed by atoms with van der Waals surface area (Å²) < 4.78 is 0. The van der Waals surface area contributed by atoms with Gasteiger partial charge in [0, 0.05) is 39.6 Å². The highest BCUT2D eigenvalue weighted by Crippen LogP contribution is 2.21. The number of hydrogen-bond acceptors (Lipinski definition) is 2. The molecular weight excluding hydrogens is 312 g/mol. The zero-order chi connectivity index (χ0) is 17.9. The highest BCUT2D eigenvalue weighted by molar-refractivity contribution is 5.81. The molecule has 1 amide bonds. The summed E-state index contributed by atoms with van der Waals surface area (Å²) in [5.74, 6) is 1.77. The molecule has 1 aliphatic rings. The van der Waals surface area contributed by atoms with Gasteiger partial charge >= 0.3 is 0 Å². The number of hydrogen-bond donors (Lipinski definition) is 2. The van der Waals surface area contributed by atoms with E-state index in [0.29, 0.717) is 13.0 Å². The fraction of sp³-hybridized carbons (Fsp3) is 0.600. The average molecular weight is 345 g/mol. The molecule has 1 aromatic carbocycles. The minimum atomic E-state index is 0.103. The van der Waals surface area contributed by atoms with Gasteiger partial charge in [0.05, 0.1) is 0 Å². The van der Waals surface area contributed by atoms with Crippen LogP contribution in [-0.4, -0.2) is 50.0 Å². The molecule has 1 fully saturated rings. The van der Waals surface area contributed by atoms with Crippen LogP contribution in [0.5, 0.6) is 0 Å². The summed E-state index contributed by atoms with van der Waals surface area (Å²) in [6.45, 7) is 5.49. The number of amides is 1. The van der Waals surface area contributed by atoms with Gasteiger partial charge < -0.3 is 15.5 Å². The van der Waals surface area contributed by atoms with Crippen LogP contribution in [0.15, 0.2) is 35.3 Å². The number of guanidine groups is 1. The molecule has 2 N–H and O–H groups in total. The fourth-order valence-electron chi connectivity index (χ4n) is 3.27. The quantitative estimate of drug-likeness (QED) is 0.590. The van der Waals surface area contributed by atoms with Gasteiger partial charge in [0.15, 0.2) is 5.96 Å². The molecule has 0 atom stereocenters. The van der Waals surface area contributed by atoms with E-state index in [1.165, 1.54) is 18.4 Å². The zero-order valence-electron chi connectivity index (χ0n) is 15.6. The summed E-state index contributed by atoms with van der Waals surface area (Å²) in [6.07, 6.45) is 5.00. The monoisotopic (exact) mass is 344 g/mol. The third kappa shape index (κ3) is 6.77. The normalized spacial score (nSPS) is 15.9. The van der Waals surface area contributed by atoms with Crippen molar-refractivity contribution >= 4 is 11.9 Å². The number of nitrogens with one attached hydrogen (secondary N) is 2. The van der Waals surface area contributed by atoms with E-state index in [9.17, 15) is 4.79 Å². The molecule has 2 rings (SSSR count). The first-order valence-corrected chi connectivity index (χ1v) is 9.49. The minimum Gasteiger partial charge on any atom is -0.356 e. The molecule has 0 radical (unpaired) electrons. The molecule has 1 aliphatic heterocycles. The van der Waals surface area contributed by atoms with Crippen LogP contribution in [0.3, 0.4) is 0 Å². The Labute approximate surface area is 151 Å². The van der Waals surface area contributed by atoms with E-state index in [1.54, 1.807) is 0 Å². The summed E-state index contributed by atoms with van der Waals surface area (Å²) in [5, 5.41) is 6.23. The molecule has 138 valence electrons. The van der Waals surface area contributed by atoms with Crippen LogP contribution in [0.4, 0.5) is 0 Å². The number of rotatable bonds is 7. The Kier molecular flexibility index (Phi) is 8.29. The summed E-state index contributed by atoms with van der Waals surface area (Å²) in [6, 6.07) is 10.7. The Hall–Kier alpha value is -2.04. The van der Waals surface area contributed by atoms with E-state index in [0.717, 1.165) is 44.4 Å². The van der Waals surface area contributed by atoms with Crippen molar-refractivity contribution in [3.8, 4) is 0 Å². The van der Waals surface area contributed by atoms with Gasteiger partial charge in [-0.1, -0.05) is 37.3 Å². The third-order valence-electron chi connectivity index (χ3n) is 4.70. The maximum atomic E-state index is 11.7. The van der Waals surface area contributed by atoms with Crippen LogP contribution >= 0.6 is 0 Å². The van der Waals surface area contributed by atoms with E-state index in [4.69, 9.17) is 0 Å². The van der Waals surface area contributed by atoms with Crippen molar-refractivity contribution < 1.29 is 4.79 Å². The average Bonchev–Trinajstić information content (AvgIpc) is 2.65. The number of carbonyl (C=O) groups is 1. The van der Waals surface area contributed by atoms with E-state index in [2.05, 4.69) is 57.8 Å². The summed E-state index contributed by atoms with van der Waals surface area (Å²) in [4.78, 5) is 18.4. The third-order valence-corrected chi connectivity index (χ3v) is 4.70. The molecule has 5 heteroatoms. The first-order chi connectivity index (χ1) is 12.2. The first-order valence-electron chi connectivity index (χ1n) is 9.49. The summed E-state index contributed by atoms with van der Waals surface area (Å²) in [7, 11) is 1.82. The maximum Gasteiger partial charge on any atom is 0.221 e. The lowest BCUT2D eigenvalue weighted by molar-refractivity contribution is -0.120. The lowest BCUT2D eigenvalue weighted by Gasteiger charge is -2.34. The first kappa shape index (κ1) is 19.3. The van der Waals surface area contributed by atoms with E-state index < -0.39 is 0 Å². The number of piperidine rings is 1. The Balaban J connectivity index is 1.70. The van der Waals surface area contributed by atoms with Crippen molar-refractivity contribution in [3.05, 3.63) is 35.9 Å². The fourth-order valence-corrected chi connectivity index (χ4v) is 3.27. The lowest BCUT2D eigenvalue weighted by Crippen LogP contribution is -2.46. The van der Waals surface area contributed by atoms with Gasteiger partial charge in [-0.05, 0) is 37.2 Å². The molecule has 0 unspecified atom stereocenters. The topological polar surface area (TPSA) is 56.7 Å². The Morgan fingerprint density at radius 2 is 1.88 bits per heavy atom. The molecule has 0 aliphatic carbocycles. The molecular formula is C20H32N4O. The number of benzene rings is 1. The summed E-state index contributed by atoms with van der Waals surface area (Å²) >= 11 is 0. The molecule has 1 heterocycles. The van der Waals surface area contributed by atoms with Crippen molar-refractivity contribution in [3.63, 3.8) is 0 Å². The van der Waals surface area contributed by atoms with Crippen LogP contribution in [0.25, 0.3) is 0 Å². The van der Waals surface area contributed by atoms with Crippen LogP contribution in [-0.2, 0) is 11.2 Å². The van der Waals surface area contributed by atoms with Crippen LogP contribution in [0.1, 0.15) is 38.2 Å². The van der Waals surface area contributed by atoms with Gasteiger partial charge in [-0.25, -0.2) is 0 Å². The summed E-state index contributed by atoms with van der Waals surface area (Å²) in [5.41, 5.74) is 1.43. The molecule has 0 spiro atoms. The molecule has 0 bridgehead atoms. The van der Waals surface area contributed by atoms with Gasteiger partial charge in [-0.3, -0.25) is 9.79 Å². The second-order valence-corrected chi connectivity index (χ2v) is 6.69. The highest BCUT2D eigenvalue weighted by atomic mass is 16.1. The van der Waals surface area contributed by atoms with Gasteiger partial charge in [-0.15, -0.1) is 0 Å². The smallest absolute Gasteiger partial charge is 0.221 e. The maximum absolute atomic E-state index is 11.7. The predicted octanol–water partition coefficient (Wildman–Crippen LogP) is 2.43. The van der Waals surface area contributed by atoms with Crippen molar-refractivity contribution in [2.75, 3.05) is 33.2 Å². The minimum absolute atomic E-state index is 0.103. The van der Waals surface area contributed by atoms with Crippen LogP contribution in [0, 0.1) is 5.92 Å². The van der Waals surface area contributed by atoms with Gasteiger partial charge in [0.2, 0.25) is 5.91 Å². The highest BCUT2D eigenvalue weighted by Gasteiger charge is 2.21. The molecule has 1 saturated heterocycles. The Morgan fingerprint density at radius 1 is 1.16 bits per heavy atom. The lowest BCUT2D eigenvalue weighted by atomic mass is 9.90. The molecule has 1 aromatic rings. The second-order valence-electron chi connectivity index (χ2n) is 6.69. The Bertz CT molecular complexity index is 536. The molecule has 25 heavy (non-hydrogen) atoms. The number of likely N-dealkylation sites (tertiary alicyclic amines) is 1. The van der Waals surface area contributed by atoms with Crippen LogP contribution in [0.2, 0.25) is 0 Å². The number of nitrogens with zero attached hydrogens (tertiary/aromatic N) is 2. The van der Waals surface area contributed by atoms with Gasteiger partial charge in [-0.2, -0.15) is 0 Å². The van der Waals surface area contributed by atoms with Gasteiger partial charge in [0.1, 0.15) is 0 Å². The Morgan fingerprint density at radius 3 is 2.52 bits per heavy atom. The van der Waals surface area contributed by atoms with E-state index in [-0.39, 0.29) is 5.91 Å². The van der Waals surface area contributed by atoms with E-state index in [1.807, 2.05) is 7.05 Å². The second kappa shape index (κ2) is 10.7. The van der Waals surface area contributed by atoms with Crippen molar-refractivity contribution in [1.29, 1.82) is 0 Å². The largest absolute Gasteiger partial charge is 0.356 e. The molecule has 0 aromatic heterocycles.